The highest BCUT2D eigenvalue weighted by Gasteiger charge is 2.33. The number of hydrogen-bond acceptors (Lipinski definition) is 6. The Morgan fingerprint density at radius 1 is 1.10 bits per heavy atom. The zero-order valence-electron chi connectivity index (χ0n) is 23.6. The van der Waals surface area contributed by atoms with Crippen molar-refractivity contribution in [2.75, 3.05) is 13.2 Å². The maximum Gasteiger partial charge on any atom is 0.338 e. The molecule has 0 saturated heterocycles. The molecule has 0 fully saturated rings. The zero-order chi connectivity index (χ0) is 30.1. The number of carbonyl (C=O) groups is 1. The highest BCUT2D eigenvalue weighted by atomic mass is 35.5. The van der Waals surface area contributed by atoms with Gasteiger partial charge in [0.05, 0.1) is 38.5 Å². The first kappa shape index (κ1) is 29.6. The van der Waals surface area contributed by atoms with Crippen LogP contribution in [-0.4, -0.2) is 28.3 Å². The predicted molar refractivity (Wildman–Crippen MR) is 168 cm³/mol. The van der Waals surface area contributed by atoms with E-state index in [2.05, 4.69) is 16.1 Å². The van der Waals surface area contributed by atoms with Crippen LogP contribution in [0, 0.1) is 13.8 Å². The van der Waals surface area contributed by atoms with Gasteiger partial charge in [-0.25, -0.2) is 9.79 Å². The van der Waals surface area contributed by atoms with Gasteiger partial charge in [0.15, 0.2) is 4.80 Å². The molecule has 2 aromatic carbocycles. The number of carbonyl (C=O) groups excluding carboxylic acids is 1. The molecule has 2 aromatic heterocycles. The summed E-state index contributed by atoms with van der Waals surface area (Å²) in [7, 11) is 0. The van der Waals surface area contributed by atoms with Crippen LogP contribution in [-0.2, 0) is 9.53 Å². The molecule has 216 valence electrons. The van der Waals surface area contributed by atoms with Gasteiger partial charge < -0.3 is 14.0 Å². The second-order valence-corrected chi connectivity index (χ2v) is 11.6. The number of aryl methyl sites for hydroxylation is 1. The van der Waals surface area contributed by atoms with Crippen LogP contribution in [0.5, 0.6) is 5.75 Å². The lowest BCUT2D eigenvalue weighted by atomic mass is 9.96. The van der Waals surface area contributed by atoms with Gasteiger partial charge in [0, 0.05) is 17.1 Å². The number of thiazole rings is 1. The predicted octanol–water partition coefficient (Wildman–Crippen LogP) is 6.08. The molecule has 7 nitrogen and oxygen atoms in total. The van der Waals surface area contributed by atoms with Gasteiger partial charge >= 0.3 is 5.97 Å². The van der Waals surface area contributed by atoms with Crippen molar-refractivity contribution >= 4 is 46.6 Å². The number of halogens is 2. The van der Waals surface area contributed by atoms with Gasteiger partial charge in [-0.3, -0.25) is 9.36 Å². The van der Waals surface area contributed by atoms with Crippen molar-refractivity contribution in [3.05, 3.63) is 125 Å². The first-order chi connectivity index (χ1) is 20.1. The number of fused-ring (bicyclic) bond motifs is 1. The number of ether oxygens (including phenoxy) is 2. The number of hydrogen-bond donors (Lipinski definition) is 0. The van der Waals surface area contributed by atoms with E-state index in [9.17, 15) is 9.59 Å². The number of benzene rings is 2. The molecule has 10 heteroatoms. The van der Waals surface area contributed by atoms with Crippen LogP contribution >= 0.6 is 34.5 Å². The van der Waals surface area contributed by atoms with Gasteiger partial charge in [-0.2, -0.15) is 0 Å². The van der Waals surface area contributed by atoms with Gasteiger partial charge in [0.25, 0.3) is 5.56 Å². The summed E-state index contributed by atoms with van der Waals surface area (Å²) in [6, 6.07) is 14.1. The smallest absolute Gasteiger partial charge is 0.338 e. The second-order valence-electron chi connectivity index (χ2n) is 9.73. The summed E-state index contributed by atoms with van der Waals surface area (Å²) < 4.78 is 15.2. The standard InChI is InChI=1S/C32H29Cl2N3O4S/c1-6-14-41-24-11-8-21(9-12-24)29-28(31(39)40-7-2)19(4)35-32-37(29)30(38)27(42-32)16-22-15-18(3)36(20(22)5)23-10-13-25(33)26(34)17-23/h6,8-13,15-17,29H,1,7,14H2,2-5H3. The summed E-state index contributed by atoms with van der Waals surface area (Å²) in [5.74, 6) is 0.150. The van der Waals surface area contributed by atoms with Gasteiger partial charge in [-0.15, -0.1) is 0 Å². The summed E-state index contributed by atoms with van der Waals surface area (Å²) in [6.45, 7) is 11.7. The molecule has 1 unspecified atom stereocenters. The van der Waals surface area contributed by atoms with E-state index in [-0.39, 0.29) is 12.2 Å². The van der Waals surface area contributed by atoms with Gasteiger partial charge in [-0.1, -0.05) is 59.3 Å². The molecule has 3 heterocycles. The van der Waals surface area contributed by atoms with E-state index in [4.69, 9.17) is 32.7 Å². The molecule has 1 aliphatic heterocycles. The van der Waals surface area contributed by atoms with E-state index in [1.54, 1.807) is 30.6 Å². The van der Waals surface area contributed by atoms with Crippen LogP contribution in [0.2, 0.25) is 10.0 Å². The third kappa shape index (κ3) is 5.50. The van der Waals surface area contributed by atoms with Crippen molar-refractivity contribution in [2.45, 2.75) is 33.7 Å². The van der Waals surface area contributed by atoms with E-state index < -0.39 is 12.0 Å². The Labute approximate surface area is 257 Å². The molecule has 0 saturated carbocycles. The van der Waals surface area contributed by atoms with Crippen LogP contribution < -0.4 is 19.6 Å². The lowest BCUT2D eigenvalue weighted by Gasteiger charge is -2.24. The summed E-state index contributed by atoms with van der Waals surface area (Å²) in [4.78, 5) is 32.4. The first-order valence-electron chi connectivity index (χ1n) is 13.3. The Hall–Kier alpha value is -3.85. The summed E-state index contributed by atoms with van der Waals surface area (Å²) >= 11 is 13.7. The number of allylic oxidation sites excluding steroid dienone is 1. The summed E-state index contributed by atoms with van der Waals surface area (Å²) in [5.41, 5.74) is 4.99. The van der Waals surface area contributed by atoms with Crippen LogP contribution in [0.3, 0.4) is 0 Å². The Kier molecular flexibility index (Phi) is 8.59. The van der Waals surface area contributed by atoms with E-state index in [0.29, 0.717) is 43.0 Å². The highest BCUT2D eigenvalue weighted by Crippen LogP contribution is 2.32. The third-order valence-corrected chi connectivity index (χ3v) is 8.72. The molecule has 5 rings (SSSR count). The van der Waals surface area contributed by atoms with Crippen LogP contribution in [0.15, 0.2) is 82.2 Å². The summed E-state index contributed by atoms with van der Waals surface area (Å²) in [6.07, 6.45) is 3.53. The topological polar surface area (TPSA) is 74.8 Å². The van der Waals surface area contributed by atoms with Crippen LogP contribution in [0.4, 0.5) is 0 Å². The molecule has 1 atom stereocenters. The van der Waals surface area contributed by atoms with Gasteiger partial charge in [-0.05, 0) is 81.3 Å². The van der Waals surface area contributed by atoms with Crippen molar-refractivity contribution in [1.82, 2.24) is 9.13 Å². The quantitative estimate of drug-likeness (QED) is 0.177. The lowest BCUT2D eigenvalue weighted by molar-refractivity contribution is -0.139. The largest absolute Gasteiger partial charge is 0.490 e. The molecular formula is C32H29Cl2N3O4S. The SMILES string of the molecule is C=CCOc1ccc(C2C(C(=O)OCC)=C(C)N=c3sc(=Cc4cc(C)n(-c5ccc(Cl)c(Cl)c5)c4C)c(=O)n32)cc1. The number of esters is 1. The molecule has 0 bridgehead atoms. The second kappa shape index (κ2) is 12.2. The monoisotopic (exact) mass is 621 g/mol. The lowest BCUT2D eigenvalue weighted by Crippen LogP contribution is -2.39. The fraction of sp³-hybridized carbons (Fsp3) is 0.219. The maximum atomic E-state index is 14.0. The fourth-order valence-corrected chi connectivity index (χ4v) is 6.43. The molecule has 0 radical (unpaired) electrons. The molecular weight excluding hydrogens is 593 g/mol. The molecule has 0 N–H and O–H groups in total. The van der Waals surface area contributed by atoms with Gasteiger partial charge in [0.2, 0.25) is 0 Å². The van der Waals surface area contributed by atoms with Crippen molar-refractivity contribution in [3.8, 4) is 11.4 Å². The van der Waals surface area contributed by atoms with Crippen molar-refractivity contribution in [3.63, 3.8) is 0 Å². The van der Waals surface area contributed by atoms with Crippen LogP contribution in [0.25, 0.3) is 11.8 Å². The molecule has 0 amide bonds. The van der Waals surface area contributed by atoms with Crippen molar-refractivity contribution < 1.29 is 14.3 Å². The minimum absolute atomic E-state index is 0.204. The van der Waals surface area contributed by atoms with E-state index >= 15 is 0 Å². The summed E-state index contributed by atoms with van der Waals surface area (Å²) in [5, 5.41) is 0.944. The van der Waals surface area contributed by atoms with Crippen molar-refractivity contribution in [1.29, 1.82) is 0 Å². The Balaban J connectivity index is 1.65. The normalized spacial score (nSPS) is 14.9. The number of nitrogens with zero attached hydrogens (tertiary/aromatic N) is 3. The molecule has 1 aliphatic rings. The molecule has 42 heavy (non-hydrogen) atoms. The van der Waals surface area contributed by atoms with E-state index in [0.717, 1.165) is 28.2 Å². The average molecular weight is 623 g/mol. The Bertz CT molecular complexity index is 1920. The Morgan fingerprint density at radius 3 is 2.50 bits per heavy atom. The minimum Gasteiger partial charge on any atom is -0.490 e. The minimum atomic E-state index is -0.709. The van der Waals surface area contributed by atoms with Gasteiger partial charge in [0.1, 0.15) is 12.4 Å². The molecule has 0 aliphatic carbocycles. The van der Waals surface area contributed by atoms with Crippen LogP contribution in [0.1, 0.15) is 42.4 Å². The van der Waals surface area contributed by atoms with E-state index in [1.165, 1.54) is 11.3 Å². The molecule has 0 spiro atoms. The average Bonchev–Trinajstić information content (AvgIpc) is 3.42. The Morgan fingerprint density at radius 2 is 1.83 bits per heavy atom. The third-order valence-electron chi connectivity index (χ3n) is 7.00. The highest BCUT2D eigenvalue weighted by molar-refractivity contribution is 7.07. The van der Waals surface area contributed by atoms with E-state index in [1.807, 2.05) is 62.4 Å². The van der Waals surface area contributed by atoms with Crippen molar-refractivity contribution in [2.24, 2.45) is 4.99 Å². The molecule has 4 aromatic rings. The number of rotatable bonds is 8. The number of aromatic nitrogens is 2. The first-order valence-corrected chi connectivity index (χ1v) is 14.9. The maximum absolute atomic E-state index is 14.0. The fourth-order valence-electron chi connectivity index (χ4n) is 5.10. The zero-order valence-corrected chi connectivity index (χ0v) is 25.9.